The minimum absolute atomic E-state index is 0.216. The Morgan fingerprint density at radius 3 is 2.68 bits per heavy atom. The number of ether oxygens (including phenoxy) is 1. The Morgan fingerprint density at radius 2 is 2.16 bits per heavy atom. The van der Waals surface area contributed by atoms with Crippen molar-refractivity contribution in [3.05, 3.63) is 4.88 Å². The Morgan fingerprint density at radius 1 is 1.53 bits per heavy atom. The summed E-state index contributed by atoms with van der Waals surface area (Å²) in [6.45, 7) is 1.57. The number of thiophene rings is 1. The molecular weight excluding hydrogens is 284 g/mol. The highest BCUT2D eigenvalue weighted by Crippen LogP contribution is 2.44. The second kappa shape index (κ2) is 6.02. The van der Waals surface area contributed by atoms with Crippen molar-refractivity contribution in [2.75, 3.05) is 37.1 Å². The SMILES string of the molecule is COC(=O)c1sc(N2CCC(O)CC2)c(SC)c1N. The van der Waals surface area contributed by atoms with E-state index in [0.717, 1.165) is 35.8 Å². The summed E-state index contributed by atoms with van der Waals surface area (Å²) >= 11 is 2.91. The third-order valence-corrected chi connectivity index (χ3v) is 5.41. The van der Waals surface area contributed by atoms with Crippen LogP contribution in [-0.2, 0) is 4.74 Å². The van der Waals surface area contributed by atoms with E-state index in [-0.39, 0.29) is 12.1 Å². The number of esters is 1. The van der Waals surface area contributed by atoms with Gasteiger partial charge in [-0.05, 0) is 19.1 Å². The average Bonchev–Trinajstić information content (AvgIpc) is 2.75. The quantitative estimate of drug-likeness (QED) is 0.655. The fourth-order valence-electron chi connectivity index (χ4n) is 2.14. The first-order valence-electron chi connectivity index (χ1n) is 6.06. The molecule has 0 amide bonds. The van der Waals surface area contributed by atoms with Crippen LogP contribution >= 0.6 is 23.1 Å². The predicted octanol–water partition coefficient (Wildman–Crippen LogP) is 1.80. The lowest BCUT2D eigenvalue weighted by Gasteiger charge is -2.30. The summed E-state index contributed by atoms with van der Waals surface area (Å²) in [5.41, 5.74) is 6.54. The van der Waals surface area contributed by atoms with Crippen LogP contribution in [-0.4, -0.2) is 43.6 Å². The molecule has 0 saturated carbocycles. The van der Waals surface area contributed by atoms with E-state index in [2.05, 4.69) is 4.90 Å². The number of nitrogen functional groups attached to an aromatic ring is 1. The summed E-state index contributed by atoms with van der Waals surface area (Å²) in [6.07, 6.45) is 3.23. The van der Waals surface area contributed by atoms with Crippen molar-refractivity contribution in [2.24, 2.45) is 0 Å². The number of rotatable bonds is 3. The second-order valence-electron chi connectivity index (χ2n) is 4.39. The molecule has 1 aliphatic rings. The van der Waals surface area contributed by atoms with Crippen LogP contribution in [0.25, 0.3) is 0 Å². The van der Waals surface area contributed by atoms with Crippen molar-refractivity contribution in [3.63, 3.8) is 0 Å². The fourth-order valence-corrected chi connectivity index (χ4v) is 4.29. The van der Waals surface area contributed by atoms with Crippen molar-refractivity contribution in [1.82, 2.24) is 0 Å². The van der Waals surface area contributed by atoms with Crippen LogP contribution in [0.5, 0.6) is 0 Å². The van der Waals surface area contributed by atoms with Crippen molar-refractivity contribution >= 4 is 39.8 Å². The van der Waals surface area contributed by atoms with Gasteiger partial charge in [-0.25, -0.2) is 4.79 Å². The molecule has 0 radical (unpaired) electrons. The molecule has 1 aromatic rings. The van der Waals surface area contributed by atoms with Gasteiger partial charge in [-0.2, -0.15) is 0 Å². The number of nitrogens with two attached hydrogens (primary N) is 1. The molecule has 2 rings (SSSR count). The number of hydrogen-bond donors (Lipinski definition) is 2. The normalized spacial score (nSPS) is 16.7. The largest absolute Gasteiger partial charge is 0.465 e. The number of thioether (sulfide) groups is 1. The Kier molecular flexibility index (Phi) is 4.59. The predicted molar refractivity (Wildman–Crippen MR) is 79.3 cm³/mol. The minimum atomic E-state index is -0.388. The molecule has 2 heterocycles. The number of nitrogens with zero attached hydrogens (tertiary/aromatic N) is 1. The van der Waals surface area contributed by atoms with Crippen molar-refractivity contribution in [2.45, 2.75) is 23.8 Å². The molecule has 5 nitrogen and oxygen atoms in total. The molecule has 7 heteroatoms. The molecule has 1 aromatic heterocycles. The van der Waals surface area contributed by atoms with Gasteiger partial charge in [0.1, 0.15) is 9.88 Å². The molecular formula is C12H18N2O3S2. The van der Waals surface area contributed by atoms with Crippen LogP contribution in [0.2, 0.25) is 0 Å². The van der Waals surface area contributed by atoms with Gasteiger partial charge >= 0.3 is 5.97 Å². The summed E-state index contributed by atoms with van der Waals surface area (Å²) in [5.74, 6) is -0.388. The van der Waals surface area contributed by atoms with Gasteiger partial charge in [-0.15, -0.1) is 23.1 Å². The first kappa shape index (κ1) is 14.5. The zero-order chi connectivity index (χ0) is 14.0. The number of methoxy groups -OCH3 is 1. The number of hydrogen-bond acceptors (Lipinski definition) is 7. The number of anilines is 2. The number of piperidine rings is 1. The minimum Gasteiger partial charge on any atom is -0.465 e. The molecule has 0 atom stereocenters. The molecule has 1 saturated heterocycles. The maximum atomic E-state index is 11.7. The van der Waals surface area contributed by atoms with Crippen molar-refractivity contribution < 1.29 is 14.6 Å². The smallest absolute Gasteiger partial charge is 0.350 e. The maximum absolute atomic E-state index is 11.7. The molecule has 1 fully saturated rings. The monoisotopic (exact) mass is 302 g/mol. The summed E-state index contributed by atoms with van der Waals surface area (Å²) in [5, 5.41) is 10.6. The van der Waals surface area contributed by atoms with Crippen LogP contribution in [0.4, 0.5) is 10.7 Å². The van der Waals surface area contributed by atoms with Crippen LogP contribution in [0.3, 0.4) is 0 Å². The Balaban J connectivity index is 2.32. The molecule has 106 valence electrons. The third kappa shape index (κ3) is 2.82. The maximum Gasteiger partial charge on any atom is 0.350 e. The molecule has 0 unspecified atom stereocenters. The van der Waals surface area contributed by atoms with Gasteiger partial charge in [-0.3, -0.25) is 0 Å². The lowest BCUT2D eigenvalue weighted by molar-refractivity contribution is 0.0607. The number of aliphatic hydroxyl groups is 1. The van der Waals surface area contributed by atoms with Gasteiger partial charge in [0.25, 0.3) is 0 Å². The first-order valence-corrected chi connectivity index (χ1v) is 8.10. The van der Waals surface area contributed by atoms with E-state index >= 15 is 0 Å². The van der Waals surface area contributed by atoms with Crippen LogP contribution < -0.4 is 10.6 Å². The molecule has 19 heavy (non-hydrogen) atoms. The van der Waals surface area contributed by atoms with Gasteiger partial charge in [0.05, 0.1) is 23.8 Å². The van der Waals surface area contributed by atoms with Crippen LogP contribution in [0, 0.1) is 0 Å². The summed E-state index contributed by atoms with van der Waals surface area (Å²) in [6, 6.07) is 0. The van der Waals surface area contributed by atoms with Gasteiger partial charge in [-0.1, -0.05) is 0 Å². The Labute approximate surface area is 120 Å². The summed E-state index contributed by atoms with van der Waals surface area (Å²) < 4.78 is 4.76. The highest BCUT2D eigenvalue weighted by Gasteiger charge is 2.26. The Bertz CT molecular complexity index is 468. The summed E-state index contributed by atoms with van der Waals surface area (Å²) in [7, 11) is 1.36. The molecule has 1 aliphatic heterocycles. The molecule has 3 N–H and O–H groups in total. The lowest BCUT2D eigenvalue weighted by Crippen LogP contribution is -2.35. The zero-order valence-corrected chi connectivity index (χ0v) is 12.6. The van der Waals surface area contributed by atoms with Crippen LogP contribution in [0.15, 0.2) is 4.90 Å². The molecule has 0 aliphatic carbocycles. The fraction of sp³-hybridized carbons (Fsp3) is 0.583. The highest BCUT2D eigenvalue weighted by atomic mass is 32.2. The lowest BCUT2D eigenvalue weighted by atomic mass is 10.1. The van der Waals surface area contributed by atoms with Gasteiger partial charge in [0.2, 0.25) is 0 Å². The van der Waals surface area contributed by atoms with Gasteiger partial charge in [0.15, 0.2) is 0 Å². The van der Waals surface area contributed by atoms with Gasteiger partial charge < -0.3 is 20.5 Å². The van der Waals surface area contributed by atoms with Crippen molar-refractivity contribution in [1.29, 1.82) is 0 Å². The molecule has 0 aromatic carbocycles. The van der Waals surface area contributed by atoms with E-state index in [1.807, 2.05) is 6.26 Å². The van der Waals surface area contributed by atoms with E-state index in [4.69, 9.17) is 10.5 Å². The standard InChI is InChI=1S/C12H18N2O3S2/c1-17-12(16)10-8(13)9(18-2)11(19-10)14-5-3-7(15)4-6-14/h7,15H,3-6,13H2,1-2H3. The van der Waals surface area contributed by atoms with Crippen molar-refractivity contribution in [3.8, 4) is 0 Å². The topological polar surface area (TPSA) is 75.8 Å². The second-order valence-corrected chi connectivity index (χ2v) is 6.21. The highest BCUT2D eigenvalue weighted by molar-refractivity contribution is 7.99. The van der Waals surface area contributed by atoms with Crippen LogP contribution in [0.1, 0.15) is 22.5 Å². The summed E-state index contributed by atoms with van der Waals surface area (Å²) in [4.78, 5) is 15.3. The number of carbonyl (C=O) groups excluding carboxylic acids is 1. The molecule has 0 spiro atoms. The van der Waals surface area contributed by atoms with E-state index in [9.17, 15) is 9.90 Å². The van der Waals surface area contributed by atoms with E-state index < -0.39 is 0 Å². The third-order valence-electron chi connectivity index (χ3n) is 3.21. The van der Waals surface area contributed by atoms with Gasteiger partial charge in [0, 0.05) is 13.1 Å². The van der Waals surface area contributed by atoms with E-state index in [1.165, 1.54) is 30.2 Å². The van der Waals surface area contributed by atoms with E-state index in [0.29, 0.717) is 10.6 Å². The van der Waals surface area contributed by atoms with E-state index in [1.54, 1.807) is 0 Å². The first-order chi connectivity index (χ1) is 9.08. The number of carbonyl (C=O) groups is 1. The molecule has 0 bridgehead atoms. The average molecular weight is 302 g/mol. The number of aliphatic hydroxyl groups excluding tert-OH is 1. The zero-order valence-electron chi connectivity index (χ0n) is 11.0. The Hall–Kier alpha value is -0.920.